The average molecular weight is 277 g/mol. The first kappa shape index (κ1) is 12.7. The fourth-order valence-corrected chi connectivity index (χ4v) is 3.92. The van der Waals surface area contributed by atoms with E-state index < -0.39 is 5.91 Å². The summed E-state index contributed by atoms with van der Waals surface area (Å²) in [5.74, 6) is 0.155. The van der Waals surface area contributed by atoms with Crippen LogP contribution in [0.25, 0.3) is 10.3 Å². The molecule has 19 heavy (non-hydrogen) atoms. The average Bonchev–Trinajstić information content (AvgIpc) is 2.86. The Morgan fingerprint density at radius 1 is 1.47 bits per heavy atom. The number of aromatic nitrogens is 2. The van der Waals surface area contributed by atoms with Gasteiger partial charge in [0.25, 0.3) is 5.91 Å². The molecule has 0 radical (unpaired) electrons. The fraction of sp³-hybridized carbons (Fsp3) is 0.571. The van der Waals surface area contributed by atoms with Gasteiger partial charge in [0, 0.05) is 5.92 Å². The highest BCUT2D eigenvalue weighted by Crippen LogP contribution is 2.43. The van der Waals surface area contributed by atoms with E-state index in [9.17, 15) is 4.79 Å². The van der Waals surface area contributed by atoms with E-state index in [1.807, 2.05) is 6.07 Å². The Balaban J connectivity index is 1.82. The predicted molar refractivity (Wildman–Crippen MR) is 77.5 cm³/mol. The summed E-state index contributed by atoms with van der Waals surface area (Å²) in [6.45, 7) is 4.68. The number of primary amides is 1. The molecule has 0 unspecified atom stereocenters. The van der Waals surface area contributed by atoms with Crippen LogP contribution in [-0.4, -0.2) is 15.9 Å². The molecule has 0 saturated heterocycles. The van der Waals surface area contributed by atoms with E-state index in [1.165, 1.54) is 30.7 Å². The molecule has 1 aliphatic rings. The first-order valence-corrected chi connectivity index (χ1v) is 7.55. The van der Waals surface area contributed by atoms with Crippen LogP contribution in [0, 0.1) is 5.41 Å². The number of H-pyrrole nitrogens is 1. The van der Waals surface area contributed by atoms with Crippen molar-refractivity contribution in [1.29, 1.82) is 0 Å². The van der Waals surface area contributed by atoms with E-state index in [1.54, 1.807) is 11.3 Å². The quantitative estimate of drug-likeness (QED) is 0.883. The standard InChI is InChI=1S/C14H19N3OS/c1-14(2)5-3-8(4-6-14)13-17-12-10(19-13)7-9(16-12)11(15)18/h7-8,16H,3-6H2,1-2H3,(H2,15,18). The summed E-state index contributed by atoms with van der Waals surface area (Å²) in [7, 11) is 0. The highest BCUT2D eigenvalue weighted by Gasteiger charge is 2.29. The van der Waals surface area contributed by atoms with Crippen LogP contribution in [0.2, 0.25) is 0 Å². The van der Waals surface area contributed by atoms with Crippen molar-refractivity contribution in [2.45, 2.75) is 45.4 Å². The molecule has 3 N–H and O–H groups in total. The number of nitrogens with two attached hydrogens (primary N) is 1. The molecule has 1 fully saturated rings. The van der Waals surface area contributed by atoms with Crippen LogP contribution < -0.4 is 5.73 Å². The van der Waals surface area contributed by atoms with Gasteiger partial charge in [-0.25, -0.2) is 4.98 Å². The summed E-state index contributed by atoms with van der Waals surface area (Å²) in [6.07, 6.45) is 4.95. The first-order chi connectivity index (χ1) is 8.94. The van der Waals surface area contributed by atoms with Gasteiger partial charge in [-0.2, -0.15) is 0 Å². The molecule has 4 nitrogen and oxygen atoms in total. The second kappa shape index (κ2) is 4.34. The van der Waals surface area contributed by atoms with Crippen molar-refractivity contribution in [3.8, 4) is 0 Å². The largest absolute Gasteiger partial charge is 0.364 e. The van der Waals surface area contributed by atoms with Crippen LogP contribution in [0.5, 0.6) is 0 Å². The third-order valence-electron chi connectivity index (χ3n) is 4.15. The van der Waals surface area contributed by atoms with E-state index in [2.05, 4.69) is 23.8 Å². The molecule has 0 atom stereocenters. The molecule has 102 valence electrons. The third kappa shape index (κ3) is 2.39. The zero-order valence-electron chi connectivity index (χ0n) is 11.3. The van der Waals surface area contributed by atoms with Crippen molar-refractivity contribution in [1.82, 2.24) is 9.97 Å². The van der Waals surface area contributed by atoms with Crippen molar-refractivity contribution in [2.24, 2.45) is 11.1 Å². The van der Waals surface area contributed by atoms with Gasteiger partial charge in [-0.1, -0.05) is 13.8 Å². The number of nitrogens with one attached hydrogen (secondary N) is 1. The number of hydrogen-bond donors (Lipinski definition) is 2. The summed E-state index contributed by atoms with van der Waals surface area (Å²) >= 11 is 1.69. The van der Waals surface area contributed by atoms with Gasteiger partial charge in [0.15, 0.2) is 0 Å². The minimum atomic E-state index is -0.425. The summed E-state index contributed by atoms with van der Waals surface area (Å²) in [4.78, 5) is 18.7. The van der Waals surface area contributed by atoms with Crippen molar-refractivity contribution in [2.75, 3.05) is 0 Å². The molecule has 2 heterocycles. The Hall–Kier alpha value is -1.36. The number of carbonyl (C=O) groups excluding carboxylic acids is 1. The van der Waals surface area contributed by atoms with E-state index in [4.69, 9.17) is 5.73 Å². The monoisotopic (exact) mass is 277 g/mol. The number of thiazole rings is 1. The second-order valence-corrected chi connectivity index (χ2v) is 7.31. The Morgan fingerprint density at radius 2 is 2.16 bits per heavy atom. The normalized spacial score (nSPS) is 19.9. The Kier molecular flexibility index (Phi) is 2.89. The Labute approximate surface area is 116 Å². The van der Waals surface area contributed by atoms with Crippen molar-refractivity contribution in [3.05, 3.63) is 16.8 Å². The van der Waals surface area contributed by atoms with E-state index in [-0.39, 0.29) is 0 Å². The van der Waals surface area contributed by atoms with Gasteiger partial charge >= 0.3 is 0 Å². The molecule has 0 aromatic carbocycles. The van der Waals surface area contributed by atoms with Crippen LogP contribution in [0.4, 0.5) is 0 Å². The smallest absolute Gasteiger partial charge is 0.265 e. The number of fused-ring (bicyclic) bond motifs is 1. The van der Waals surface area contributed by atoms with Gasteiger partial charge in [-0.15, -0.1) is 11.3 Å². The topological polar surface area (TPSA) is 71.8 Å². The zero-order valence-corrected chi connectivity index (χ0v) is 12.1. The summed E-state index contributed by atoms with van der Waals surface area (Å²) in [5.41, 5.74) is 6.99. The number of rotatable bonds is 2. The van der Waals surface area contributed by atoms with E-state index in [0.717, 1.165) is 10.3 Å². The molecule has 0 spiro atoms. The highest BCUT2D eigenvalue weighted by molar-refractivity contribution is 7.18. The molecule has 0 bridgehead atoms. The lowest BCUT2D eigenvalue weighted by atomic mass is 9.73. The molecular formula is C14H19N3OS. The maximum Gasteiger partial charge on any atom is 0.265 e. The molecule has 2 aromatic heterocycles. The van der Waals surface area contributed by atoms with Crippen LogP contribution in [0.1, 0.15) is 60.9 Å². The van der Waals surface area contributed by atoms with Crippen LogP contribution in [0.15, 0.2) is 6.07 Å². The van der Waals surface area contributed by atoms with Gasteiger partial charge < -0.3 is 10.7 Å². The zero-order chi connectivity index (χ0) is 13.6. The van der Waals surface area contributed by atoms with Crippen LogP contribution >= 0.6 is 11.3 Å². The molecule has 2 aromatic rings. The molecule has 3 rings (SSSR count). The maximum absolute atomic E-state index is 11.1. The third-order valence-corrected chi connectivity index (χ3v) is 5.32. The molecule has 0 aliphatic heterocycles. The molecular weight excluding hydrogens is 258 g/mol. The maximum atomic E-state index is 11.1. The lowest BCUT2D eigenvalue weighted by molar-refractivity contribution is 0.0996. The lowest BCUT2D eigenvalue weighted by Gasteiger charge is -2.33. The molecule has 1 amide bonds. The van der Waals surface area contributed by atoms with Gasteiger partial charge in [0.05, 0.1) is 9.71 Å². The molecule has 5 heteroatoms. The Morgan fingerprint density at radius 3 is 2.74 bits per heavy atom. The van der Waals surface area contributed by atoms with Gasteiger partial charge in [-0.05, 0) is 37.2 Å². The number of carbonyl (C=O) groups is 1. The SMILES string of the molecule is CC1(C)CCC(c2nc3[nH]c(C(N)=O)cc3s2)CC1. The van der Waals surface area contributed by atoms with Crippen LogP contribution in [0.3, 0.4) is 0 Å². The second-order valence-electron chi connectivity index (χ2n) is 6.25. The van der Waals surface area contributed by atoms with Gasteiger partial charge in [0.2, 0.25) is 0 Å². The van der Waals surface area contributed by atoms with Gasteiger partial charge in [-0.3, -0.25) is 4.79 Å². The fourth-order valence-electron chi connectivity index (χ4n) is 2.78. The molecule has 1 saturated carbocycles. The minimum absolute atomic E-state index is 0.425. The first-order valence-electron chi connectivity index (χ1n) is 6.74. The predicted octanol–water partition coefficient (Wildman–Crippen LogP) is 3.41. The Bertz CT molecular complexity index is 584. The number of aromatic amines is 1. The summed E-state index contributed by atoms with van der Waals surface area (Å²) in [6, 6.07) is 1.81. The summed E-state index contributed by atoms with van der Waals surface area (Å²) < 4.78 is 1.04. The van der Waals surface area contributed by atoms with E-state index >= 15 is 0 Å². The van der Waals surface area contributed by atoms with Crippen LogP contribution in [-0.2, 0) is 0 Å². The number of nitrogens with zero attached hydrogens (tertiary/aromatic N) is 1. The summed E-state index contributed by atoms with van der Waals surface area (Å²) in [5, 5.41) is 1.20. The number of amides is 1. The van der Waals surface area contributed by atoms with Crippen molar-refractivity contribution in [3.63, 3.8) is 0 Å². The van der Waals surface area contributed by atoms with E-state index in [0.29, 0.717) is 17.0 Å². The lowest BCUT2D eigenvalue weighted by Crippen LogP contribution is -2.20. The minimum Gasteiger partial charge on any atom is -0.364 e. The van der Waals surface area contributed by atoms with Crippen molar-refractivity contribution < 1.29 is 4.79 Å². The highest BCUT2D eigenvalue weighted by atomic mass is 32.1. The van der Waals surface area contributed by atoms with Crippen molar-refractivity contribution >= 4 is 27.6 Å². The molecule has 1 aliphatic carbocycles. The van der Waals surface area contributed by atoms with Gasteiger partial charge in [0.1, 0.15) is 11.3 Å². The number of hydrogen-bond acceptors (Lipinski definition) is 3.